The molecule has 0 amide bonds. The molecule has 1 saturated carbocycles. The summed E-state index contributed by atoms with van der Waals surface area (Å²) < 4.78 is 3.44. The first-order chi connectivity index (χ1) is 6.70. The lowest BCUT2D eigenvalue weighted by Crippen LogP contribution is -2.09. The lowest BCUT2D eigenvalue weighted by Gasteiger charge is -2.16. The first-order valence-electron chi connectivity index (χ1n) is 5.42. The van der Waals surface area contributed by atoms with Gasteiger partial charge in [-0.2, -0.15) is 0 Å². The zero-order chi connectivity index (χ0) is 10.1. The Kier molecular flexibility index (Phi) is 2.96. The van der Waals surface area contributed by atoms with E-state index in [4.69, 9.17) is 0 Å². The highest BCUT2D eigenvalue weighted by Crippen LogP contribution is 2.35. The molecule has 0 radical (unpaired) electrons. The van der Waals surface area contributed by atoms with Gasteiger partial charge in [0.2, 0.25) is 0 Å². The van der Waals surface area contributed by atoms with E-state index in [0.717, 1.165) is 4.60 Å². The first kappa shape index (κ1) is 10.2. The maximum absolute atomic E-state index is 4.54. The molecule has 0 atom stereocenters. The molecule has 0 aromatic carbocycles. The number of imidazole rings is 1. The van der Waals surface area contributed by atoms with Crippen molar-refractivity contribution in [2.45, 2.75) is 51.5 Å². The number of nitrogens with zero attached hydrogens (tertiary/aromatic N) is 2. The third-order valence-corrected chi connectivity index (χ3v) is 3.60. The highest BCUT2D eigenvalue weighted by atomic mass is 79.9. The molecule has 1 aliphatic carbocycles. The van der Waals surface area contributed by atoms with Gasteiger partial charge < -0.3 is 4.57 Å². The van der Waals surface area contributed by atoms with E-state index in [0.29, 0.717) is 12.0 Å². The van der Waals surface area contributed by atoms with E-state index in [1.54, 1.807) is 0 Å². The summed E-state index contributed by atoms with van der Waals surface area (Å²) in [6.07, 6.45) is 7.31. The Morgan fingerprint density at radius 3 is 2.64 bits per heavy atom. The van der Waals surface area contributed by atoms with Crippen molar-refractivity contribution in [2.75, 3.05) is 0 Å². The second-order valence-electron chi connectivity index (χ2n) is 4.38. The Bertz CT molecular complexity index is 311. The fourth-order valence-corrected chi connectivity index (χ4v) is 3.04. The van der Waals surface area contributed by atoms with Crippen LogP contribution in [0.4, 0.5) is 0 Å². The quantitative estimate of drug-likeness (QED) is 0.786. The normalized spacial score (nSPS) is 18.3. The molecule has 0 N–H and O–H groups in total. The maximum atomic E-state index is 4.54. The molecule has 1 aromatic heterocycles. The molecule has 0 bridgehead atoms. The van der Waals surface area contributed by atoms with Crippen molar-refractivity contribution in [2.24, 2.45) is 0 Å². The van der Waals surface area contributed by atoms with E-state index in [1.165, 1.54) is 31.5 Å². The second kappa shape index (κ2) is 4.05. The van der Waals surface area contributed by atoms with E-state index in [9.17, 15) is 0 Å². The molecular weight excluding hydrogens is 240 g/mol. The summed E-state index contributed by atoms with van der Waals surface area (Å²) >= 11 is 3.57. The average Bonchev–Trinajstić information content (AvgIpc) is 2.70. The largest absolute Gasteiger partial charge is 0.320 e. The Morgan fingerprint density at radius 1 is 1.43 bits per heavy atom. The van der Waals surface area contributed by atoms with Crippen LogP contribution in [0.1, 0.15) is 57.3 Å². The molecule has 14 heavy (non-hydrogen) atoms. The van der Waals surface area contributed by atoms with Crippen LogP contribution in [0.25, 0.3) is 0 Å². The van der Waals surface area contributed by atoms with E-state index in [-0.39, 0.29) is 0 Å². The maximum Gasteiger partial charge on any atom is 0.112 e. The van der Waals surface area contributed by atoms with Crippen molar-refractivity contribution in [3.8, 4) is 0 Å². The van der Waals surface area contributed by atoms with Crippen molar-refractivity contribution >= 4 is 15.9 Å². The summed E-state index contributed by atoms with van der Waals surface area (Å²) in [7, 11) is 0. The minimum atomic E-state index is 0.502. The van der Waals surface area contributed by atoms with E-state index < -0.39 is 0 Å². The number of hydrogen-bond acceptors (Lipinski definition) is 1. The van der Waals surface area contributed by atoms with Crippen LogP contribution in [0.2, 0.25) is 0 Å². The molecule has 0 saturated heterocycles. The van der Waals surface area contributed by atoms with Gasteiger partial charge in [0.1, 0.15) is 10.4 Å². The second-order valence-corrected chi connectivity index (χ2v) is 5.20. The van der Waals surface area contributed by atoms with Crippen LogP contribution in [0.15, 0.2) is 10.8 Å². The number of halogens is 1. The van der Waals surface area contributed by atoms with E-state index >= 15 is 0 Å². The van der Waals surface area contributed by atoms with Crippen molar-refractivity contribution < 1.29 is 0 Å². The fourth-order valence-electron chi connectivity index (χ4n) is 2.35. The summed E-state index contributed by atoms with van der Waals surface area (Å²) in [5.41, 5.74) is 0. The van der Waals surface area contributed by atoms with Crippen LogP contribution >= 0.6 is 15.9 Å². The lowest BCUT2D eigenvalue weighted by atomic mass is 10.1. The summed E-state index contributed by atoms with van der Waals surface area (Å²) in [4.78, 5) is 4.54. The van der Waals surface area contributed by atoms with Gasteiger partial charge in [-0.25, -0.2) is 4.98 Å². The van der Waals surface area contributed by atoms with E-state index in [2.05, 4.69) is 39.3 Å². The van der Waals surface area contributed by atoms with Crippen LogP contribution in [-0.2, 0) is 0 Å². The SMILES string of the molecule is CC(C)n1c(Br)cnc1C1CCCC1. The molecular formula is C11H17BrN2. The molecule has 1 heterocycles. The van der Waals surface area contributed by atoms with Crippen LogP contribution in [0.3, 0.4) is 0 Å². The van der Waals surface area contributed by atoms with Crippen LogP contribution in [-0.4, -0.2) is 9.55 Å². The van der Waals surface area contributed by atoms with Gasteiger partial charge in [0, 0.05) is 12.0 Å². The number of hydrogen-bond donors (Lipinski definition) is 0. The summed E-state index contributed by atoms with van der Waals surface area (Å²) in [5, 5.41) is 0. The predicted molar refractivity (Wildman–Crippen MR) is 61.5 cm³/mol. The molecule has 3 heteroatoms. The Hall–Kier alpha value is -0.310. The zero-order valence-electron chi connectivity index (χ0n) is 8.83. The van der Waals surface area contributed by atoms with E-state index in [1.807, 2.05) is 6.20 Å². The van der Waals surface area contributed by atoms with Gasteiger partial charge in [0.25, 0.3) is 0 Å². The fraction of sp³-hybridized carbons (Fsp3) is 0.727. The highest BCUT2D eigenvalue weighted by molar-refractivity contribution is 9.10. The minimum absolute atomic E-state index is 0.502. The van der Waals surface area contributed by atoms with Crippen LogP contribution < -0.4 is 0 Å². The highest BCUT2D eigenvalue weighted by Gasteiger charge is 2.23. The molecule has 0 spiro atoms. The molecule has 1 aliphatic rings. The first-order valence-corrected chi connectivity index (χ1v) is 6.22. The van der Waals surface area contributed by atoms with Crippen molar-refractivity contribution in [3.63, 3.8) is 0 Å². The molecule has 0 unspecified atom stereocenters. The van der Waals surface area contributed by atoms with Crippen LogP contribution in [0, 0.1) is 0 Å². The Morgan fingerprint density at radius 2 is 2.07 bits per heavy atom. The van der Waals surface area contributed by atoms with Gasteiger partial charge in [0.05, 0.1) is 6.20 Å². The summed E-state index contributed by atoms with van der Waals surface area (Å²) in [6.45, 7) is 4.43. The molecule has 0 aliphatic heterocycles. The van der Waals surface area contributed by atoms with Crippen molar-refractivity contribution in [3.05, 3.63) is 16.6 Å². The minimum Gasteiger partial charge on any atom is -0.320 e. The third kappa shape index (κ3) is 1.74. The monoisotopic (exact) mass is 256 g/mol. The average molecular weight is 257 g/mol. The van der Waals surface area contributed by atoms with Crippen molar-refractivity contribution in [1.82, 2.24) is 9.55 Å². The summed E-state index contributed by atoms with van der Waals surface area (Å²) in [5.74, 6) is 1.98. The standard InChI is InChI=1S/C11H17BrN2/c1-8(2)14-10(12)7-13-11(14)9-5-3-4-6-9/h7-9H,3-6H2,1-2H3. The smallest absolute Gasteiger partial charge is 0.112 e. The Labute approximate surface area is 93.9 Å². The summed E-state index contributed by atoms with van der Waals surface area (Å²) in [6, 6.07) is 0.502. The topological polar surface area (TPSA) is 17.8 Å². The van der Waals surface area contributed by atoms with Crippen LogP contribution in [0.5, 0.6) is 0 Å². The van der Waals surface area contributed by atoms with Crippen molar-refractivity contribution in [1.29, 1.82) is 0 Å². The van der Waals surface area contributed by atoms with Gasteiger partial charge in [-0.05, 0) is 42.6 Å². The molecule has 1 fully saturated rings. The lowest BCUT2D eigenvalue weighted by molar-refractivity contribution is 0.521. The zero-order valence-corrected chi connectivity index (χ0v) is 10.4. The van der Waals surface area contributed by atoms with Gasteiger partial charge in [-0.15, -0.1) is 0 Å². The Balaban J connectivity index is 2.32. The van der Waals surface area contributed by atoms with Gasteiger partial charge in [0.15, 0.2) is 0 Å². The van der Waals surface area contributed by atoms with Gasteiger partial charge in [-0.1, -0.05) is 12.8 Å². The molecule has 78 valence electrons. The predicted octanol–water partition coefficient (Wildman–Crippen LogP) is 3.88. The third-order valence-electron chi connectivity index (χ3n) is 3.02. The number of aromatic nitrogens is 2. The molecule has 2 nitrogen and oxygen atoms in total. The van der Waals surface area contributed by atoms with Gasteiger partial charge in [-0.3, -0.25) is 0 Å². The van der Waals surface area contributed by atoms with Gasteiger partial charge >= 0.3 is 0 Å². The molecule has 1 aromatic rings. The number of rotatable bonds is 2. The molecule has 2 rings (SSSR count).